The van der Waals surface area contributed by atoms with E-state index in [9.17, 15) is 28.0 Å². The number of carbonyl (C=O) groups is 2. The molecule has 0 aromatic heterocycles. The molecule has 0 bridgehead atoms. The first-order chi connectivity index (χ1) is 16.3. The van der Waals surface area contributed by atoms with Gasteiger partial charge in [-0.1, -0.05) is 18.2 Å². The molecule has 2 aromatic carbocycles. The molecule has 3 aliphatic heterocycles. The molecule has 3 aliphatic rings. The van der Waals surface area contributed by atoms with Crippen molar-refractivity contribution in [2.45, 2.75) is 25.1 Å². The number of imide groups is 1. The Morgan fingerprint density at radius 3 is 2.38 bits per heavy atom. The van der Waals surface area contributed by atoms with E-state index in [-0.39, 0.29) is 23.3 Å². The van der Waals surface area contributed by atoms with Gasteiger partial charge in [0.25, 0.3) is 0 Å². The maximum atomic E-state index is 13.4. The molecule has 0 spiro atoms. The topological polar surface area (TPSA) is 89.1 Å². The lowest BCUT2D eigenvalue weighted by Gasteiger charge is -2.25. The largest absolute Gasteiger partial charge is 0.416 e. The molecular weight excluding hydrogens is 447 g/mol. The number of amides is 2. The van der Waals surface area contributed by atoms with Gasteiger partial charge in [-0.3, -0.25) is 9.59 Å². The van der Waals surface area contributed by atoms with Crippen molar-refractivity contribution in [1.29, 1.82) is 5.26 Å². The van der Waals surface area contributed by atoms with Crippen molar-refractivity contribution in [2.75, 3.05) is 11.4 Å². The number of nitrogens with zero attached hydrogens (tertiary/aromatic N) is 5. The van der Waals surface area contributed by atoms with Crippen LogP contribution in [-0.2, 0) is 15.8 Å². The molecule has 3 saturated heterocycles. The summed E-state index contributed by atoms with van der Waals surface area (Å²) in [5.41, 5.74) is 0.0343. The highest BCUT2D eigenvalue weighted by Crippen LogP contribution is 2.50. The van der Waals surface area contributed by atoms with E-state index >= 15 is 0 Å². The molecular formula is C24H18F3N5O2. The van der Waals surface area contributed by atoms with E-state index in [1.807, 2.05) is 11.0 Å². The number of hydrogen-bond acceptors (Lipinski definition) is 6. The van der Waals surface area contributed by atoms with Gasteiger partial charge in [0.15, 0.2) is 5.70 Å². The Bertz CT molecular complexity index is 1250. The van der Waals surface area contributed by atoms with E-state index < -0.39 is 29.5 Å². The molecule has 10 heteroatoms. The van der Waals surface area contributed by atoms with E-state index in [0.717, 1.165) is 30.7 Å². The van der Waals surface area contributed by atoms with E-state index in [0.29, 0.717) is 24.4 Å². The van der Waals surface area contributed by atoms with Crippen LogP contribution in [0.3, 0.4) is 0 Å². The van der Waals surface area contributed by atoms with Gasteiger partial charge in [-0.05, 0) is 49.2 Å². The Morgan fingerprint density at radius 2 is 1.74 bits per heavy atom. The number of para-hydroxylation sites is 1. The quantitative estimate of drug-likeness (QED) is 0.370. The first-order valence-electron chi connectivity index (χ1n) is 10.7. The van der Waals surface area contributed by atoms with Crippen LogP contribution in [0.25, 0.3) is 0 Å². The van der Waals surface area contributed by atoms with Gasteiger partial charge in [0.1, 0.15) is 6.07 Å². The molecule has 2 amide bonds. The summed E-state index contributed by atoms with van der Waals surface area (Å²) in [6.07, 6.45) is -2.96. The van der Waals surface area contributed by atoms with Crippen LogP contribution in [0.15, 0.2) is 76.2 Å². The summed E-state index contributed by atoms with van der Waals surface area (Å²) in [6, 6.07) is 14.5. The predicted octanol–water partition coefficient (Wildman–Crippen LogP) is 4.81. The molecule has 7 nitrogen and oxygen atoms in total. The fourth-order valence-electron chi connectivity index (χ4n) is 5.08. The lowest BCUT2D eigenvalue weighted by atomic mass is 9.89. The Kier molecular flexibility index (Phi) is 5.20. The van der Waals surface area contributed by atoms with Crippen LogP contribution < -0.4 is 4.90 Å². The van der Waals surface area contributed by atoms with Gasteiger partial charge in [0.2, 0.25) is 11.8 Å². The molecule has 34 heavy (non-hydrogen) atoms. The van der Waals surface area contributed by atoms with Crippen molar-refractivity contribution in [2.24, 2.45) is 22.1 Å². The molecule has 3 atom stereocenters. The number of benzene rings is 2. The van der Waals surface area contributed by atoms with Crippen LogP contribution in [0.5, 0.6) is 0 Å². The Morgan fingerprint density at radius 1 is 1.03 bits per heavy atom. The zero-order chi connectivity index (χ0) is 24.0. The van der Waals surface area contributed by atoms with Crippen LogP contribution in [0.4, 0.5) is 24.5 Å². The predicted molar refractivity (Wildman–Crippen MR) is 114 cm³/mol. The van der Waals surface area contributed by atoms with Gasteiger partial charge in [-0.2, -0.15) is 18.4 Å². The summed E-state index contributed by atoms with van der Waals surface area (Å²) in [6.45, 7) is 0.583. The van der Waals surface area contributed by atoms with Gasteiger partial charge in [-0.15, -0.1) is 10.2 Å². The smallest absolute Gasteiger partial charge is 0.368 e. The number of allylic oxidation sites excluding steroid dienone is 1. The second kappa shape index (κ2) is 8.09. The number of azo groups is 1. The third kappa shape index (κ3) is 3.44. The summed E-state index contributed by atoms with van der Waals surface area (Å²) in [5, 5.41) is 17.8. The van der Waals surface area contributed by atoms with E-state index in [1.54, 1.807) is 30.3 Å². The minimum absolute atomic E-state index is 0.115. The summed E-state index contributed by atoms with van der Waals surface area (Å²) >= 11 is 0. The number of rotatable bonds is 3. The van der Waals surface area contributed by atoms with Crippen LogP contribution in [0, 0.1) is 23.2 Å². The van der Waals surface area contributed by atoms with Gasteiger partial charge in [0, 0.05) is 12.6 Å². The monoisotopic (exact) mass is 465 g/mol. The van der Waals surface area contributed by atoms with Crippen molar-refractivity contribution >= 4 is 23.2 Å². The number of halogens is 3. The molecule has 0 N–H and O–H groups in total. The third-order valence-electron chi connectivity index (χ3n) is 6.49. The van der Waals surface area contributed by atoms with E-state index in [2.05, 4.69) is 10.2 Å². The molecule has 2 aromatic rings. The molecule has 0 aliphatic carbocycles. The Labute approximate surface area is 192 Å². The maximum Gasteiger partial charge on any atom is 0.416 e. The summed E-state index contributed by atoms with van der Waals surface area (Å²) < 4.78 is 38.4. The van der Waals surface area contributed by atoms with Crippen molar-refractivity contribution in [3.63, 3.8) is 0 Å². The van der Waals surface area contributed by atoms with Crippen molar-refractivity contribution in [1.82, 2.24) is 4.90 Å². The Hall–Kier alpha value is -4.00. The number of fused-ring (bicyclic) bond motifs is 3. The zero-order valence-electron chi connectivity index (χ0n) is 17.7. The Balaban J connectivity index is 1.52. The highest BCUT2D eigenvalue weighted by atomic mass is 19.4. The van der Waals surface area contributed by atoms with E-state index in [4.69, 9.17) is 0 Å². The molecule has 3 fully saturated rings. The average Bonchev–Trinajstić information content (AvgIpc) is 3.47. The van der Waals surface area contributed by atoms with Crippen molar-refractivity contribution in [3.05, 3.63) is 71.6 Å². The van der Waals surface area contributed by atoms with Gasteiger partial charge >= 0.3 is 6.18 Å². The first-order valence-corrected chi connectivity index (χ1v) is 10.7. The van der Waals surface area contributed by atoms with Crippen LogP contribution in [-0.4, -0.2) is 29.3 Å². The van der Waals surface area contributed by atoms with Crippen LogP contribution >= 0.6 is 0 Å². The molecule has 0 radical (unpaired) electrons. The molecule has 0 saturated carbocycles. The highest BCUT2D eigenvalue weighted by Gasteiger charge is 2.61. The second-order valence-electron chi connectivity index (χ2n) is 8.34. The third-order valence-corrected chi connectivity index (χ3v) is 6.49. The maximum absolute atomic E-state index is 13.4. The summed E-state index contributed by atoms with van der Waals surface area (Å²) in [5.74, 6) is -2.18. The molecule has 3 heterocycles. The molecule has 172 valence electrons. The van der Waals surface area contributed by atoms with Gasteiger partial charge in [0.05, 0.1) is 34.5 Å². The van der Waals surface area contributed by atoms with Gasteiger partial charge < -0.3 is 4.90 Å². The van der Waals surface area contributed by atoms with Crippen LogP contribution in [0.1, 0.15) is 18.4 Å². The molecule has 5 rings (SSSR count). The lowest BCUT2D eigenvalue weighted by molar-refractivity contribution is -0.137. The number of alkyl halides is 3. The van der Waals surface area contributed by atoms with E-state index in [1.165, 1.54) is 4.90 Å². The summed E-state index contributed by atoms with van der Waals surface area (Å²) in [7, 11) is 0. The lowest BCUT2D eigenvalue weighted by Crippen LogP contribution is -2.37. The fraction of sp³-hybridized carbons (Fsp3) is 0.292. The fourth-order valence-corrected chi connectivity index (χ4v) is 5.08. The highest BCUT2D eigenvalue weighted by molar-refractivity contribution is 6.23. The van der Waals surface area contributed by atoms with Crippen LogP contribution in [0.2, 0.25) is 0 Å². The van der Waals surface area contributed by atoms with Crippen molar-refractivity contribution < 1.29 is 22.8 Å². The number of anilines is 1. The average molecular weight is 465 g/mol. The number of hydrogen-bond donors (Lipinski definition) is 0. The SMILES string of the molecule is N#C/C(N=Nc1ccc(C(F)(F)F)cc1)=C1/[C@H]2C(=O)N(c3ccccc3)C(=O)[C@H]2[C@H]2CCCN12. The minimum Gasteiger partial charge on any atom is -0.368 e. The second-order valence-corrected chi connectivity index (χ2v) is 8.34. The normalized spacial score (nSPS) is 25.6. The van der Waals surface area contributed by atoms with Crippen molar-refractivity contribution in [3.8, 4) is 6.07 Å². The number of nitriles is 1. The number of carbonyl (C=O) groups excluding carboxylic acids is 2. The summed E-state index contributed by atoms with van der Waals surface area (Å²) in [4.78, 5) is 29.8. The first kappa shape index (κ1) is 21.8. The van der Waals surface area contributed by atoms with Gasteiger partial charge in [-0.25, -0.2) is 4.90 Å². The molecule has 0 unspecified atom stereocenters. The standard InChI is InChI=1S/C24H18F3N5O2/c25-24(26,27)14-8-10-15(11-9-14)29-30-17(13-28)21-20-19(18-7-4-12-31(18)21)22(33)32(23(20)34)16-5-2-1-3-6-16/h1-3,5-6,8-11,18-20H,4,7,12H2/b21-17+,30-29?/t18-,19+,20+/m1/s1. The zero-order valence-corrected chi connectivity index (χ0v) is 17.7. The minimum atomic E-state index is -4.47.